The van der Waals surface area contributed by atoms with Crippen LogP contribution in [0, 0.1) is 6.92 Å². The SMILES string of the molecule is CCN(CC)c1ccc(NC(=O)Nc2ccc3c(c2)OCCO3)c(C)c1. The lowest BCUT2D eigenvalue weighted by Gasteiger charge is -2.22. The molecule has 0 unspecified atom stereocenters. The molecule has 26 heavy (non-hydrogen) atoms. The molecule has 0 spiro atoms. The molecule has 2 N–H and O–H groups in total. The first-order valence-electron chi connectivity index (χ1n) is 8.94. The molecule has 2 amide bonds. The Hall–Kier alpha value is -2.89. The van der Waals surface area contributed by atoms with Crippen molar-refractivity contribution in [3.05, 3.63) is 42.0 Å². The van der Waals surface area contributed by atoms with Crippen molar-refractivity contribution in [2.45, 2.75) is 20.8 Å². The van der Waals surface area contributed by atoms with Gasteiger partial charge in [-0.3, -0.25) is 0 Å². The summed E-state index contributed by atoms with van der Waals surface area (Å²) in [7, 11) is 0. The number of urea groups is 1. The second-order valence-electron chi connectivity index (χ2n) is 6.11. The number of hydrogen-bond donors (Lipinski definition) is 2. The van der Waals surface area contributed by atoms with Crippen molar-refractivity contribution in [2.24, 2.45) is 0 Å². The molecule has 0 saturated heterocycles. The molecule has 0 atom stereocenters. The van der Waals surface area contributed by atoms with Crippen molar-refractivity contribution < 1.29 is 14.3 Å². The van der Waals surface area contributed by atoms with Crippen molar-refractivity contribution >= 4 is 23.1 Å². The Kier molecular flexibility index (Phi) is 5.51. The van der Waals surface area contributed by atoms with Gasteiger partial charge in [-0.15, -0.1) is 0 Å². The molecule has 1 aliphatic rings. The van der Waals surface area contributed by atoms with E-state index in [2.05, 4.69) is 35.4 Å². The fourth-order valence-electron chi connectivity index (χ4n) is 2.98. The summed E-state index contributed by atoms with van der Waals surface area (Å²) in [6.45, 7) is 9.22. The van der Waals surface area contributed by atoms with Gasteiger partial charge in [0, 0.05) is 36.2 Å². The zero-order valence-corrected chi connectivity index (χ0v) is 15.5. The van der Waals surface area contributed by atoms with E-state index in [0.29, 0.717) is 30.4 Å². The number of carbonyl (C=O) groups is 1. The third-order valence-corrected chi connectivity index (χ3v) is 4.39. The number of amides is 2. The standard InChI is InChI=1S/C20H25N3O3/c1-4-23(5-2)16-7-8-17(14(3)12-16)22-20(24)21-15-6-9-18-19(13-15)26-11-10-25-18/h6-9,12-13H,4-5,10-11H2,1-3H3,(H2,21,22,24). The van der Waals surface area contributed by atoms with E-state index in [9.17, 15) is 4.79 Å². The van der Waals surface area contributed by atoms with Gasteiger partial charge >= 0.3 is 6.03 Å². The van der Waals surface area contributed by atoms with E-state index in [1.165, 1.54) is 0 Å². The molecule has 2 aromatic carbocycles. The molecule has 0 saturated carbocycles. The van der Waals surface area contributed by atoms with Gasteiger partial charge in [0.15, 0.2) is 11.5 Å². The largest absolute Gasteiger partial charge is 0.486 e. The first kappa shape index (κ1) is 17.9. The third-order valence-electron chi connectivity index (χ3n) is 4.39. The number of carbonyl (C=O) groups excluding carboxylic acids is 1. The fraction of sp³-hybridized carbons (Fsp3) is 0.350. The van der Waals surface area contributed by atoms with Gasteiger partial charge in [-0.25, -0.2) is 4.79 Å². The van der Waals surface area contributed by atoms with Gasteiger partial charge in [-0.1, -0.05) is 0 Å². The maximum Gasteiger partial charge on any atom is 0.323 e. The van der Waals surface area contributed by atoms with Gasteiger partial charge in [0.2, 0.25) is 0 Å². The lowest BCUT2D eigenvalue weighted by Crippen LogP contribution is -2.23. The molecule has 138 valence electrons. The van der Waals surface area contributed by atoms with Crippen molar-refractivity contribution in [2.75, 3.05) is 41.8 Å². The highest BCUT2D eigenvalue weighted by Crippen LogP contribution is 2.32. The number of rotatable bonds is 5. The smallest absolute Gasteiger partial charge is 0.323 e. The van der Waals surface area contributed by atoms with Crippen molar-refractivity contribution in [3.63, 3.8) is 0 Å². The number of ether oxygens (including phenoxy) is 2. The van der Waals surface area contributed by atoms with E-state index in [1.54, 1.807) is 18.2 Å². The van der Waals surface area contributed by atoms with Crippen LogP contribution in [0.25, 0.3) is 0 Å². The summed E-state index contributed by atoms with van der Waals surface area (Å²) >= 11 is 0. The molecule has 0 bridgehead atoms. The molecular weight excluding hydrogens is 330 g/mol. The Bertz CT molecular complexity index is 788. The number of hydrogen-bond acceptors (Lipinski definition) is 4. The summed E-state index contributed by atoms with van der Waals surface area (Å²) in [5.74, 6) is 1.35. The molecule has 0 aromatic heterocycles. The minimum atomic E-state index is -0.291. The molecular formula is C20H25N3O3. The van der Waals surface area contributed by atoms with Crippen molar-refractivity contribution in [3.8, 4) is 11.5 Å². The Morgan fingerprint density at radius 3 is 2.42 bits per heavy atom. The number of nitrogens with zero attached hydrogens (tertiary/aromatic N) is 1. The van der Waals surface area contributed by atoms with E-state index >= 15 is 0 Å². The maximum atomic E-state index is 12.3. The van der Waals surface area contributed by atoms with Crippen LogP contribution in [-0.4, -0.2) is 32.3 Å². The average Bonchev–Trinajstić information content (AvgIpc) is 2.65. The van der Waals surface area contributed by atoms with Crippen LogP contribution in [0.5, 0.6) is 11.5 Å². The summed E-state index contributed by atoms with van der Waals surface area (Å²) in [6, 6.07) is 11.1. The third kappa shape index (κ3) is 4.02. The summed E-state index contributed by atoms with van der Waals surface area (Å²) in [5.41, 5.74) is 3.62. The zero-order valence-electron chi connectivity index (χ0n) is 15.5. The van der Waals surface area contributed by atoms with E-state index in [-0.39, 0.29) is 6.03 Å². The van der Waals surface area contributed by atoms with E-state index in [1.807, 2.05) is 19.1 Å². The highest BCUT2D eigenvalue weighted by Gasteiger charge is 2.13. The first-order chi connectivity index (χ1) is 12.6. The highest BCUT2D eigenvalue weighted by atomic mass is 16.6. The first-order valence-corrected chi connectivity index (χ1v) is 8.94. The second kappa shape index (κ2) is 7.99. The predicted octanol–water partition coefficient (Wildman–Crippen LogP) is 4.26. The lowest BCUT2D eigenvalue weighted by atomic mass is 10.1. The van der Waals surface area contributed by atoms with Gasteiger partial charge in [0.25, 0.3) is 0 Å². The number of benzene rings is 2. The second-order valence-corrected chi connectivity index (χ2v) is 6.11. The van der Waals surface area contributed by atoms with Gasteiger partial charge < -0.3 is 25.0 Å². The maximum absolute atomic E-state index is 12.3. The summed E-state index contributed by atoms with van der Waals surface area (Å²) in [6.07, 6.45) is 0. The zero-order chi connectivity index (χ0) is 18.5. The van der Waals surface area contributed by atoms with Crippen LogP contribution in [0.3, 0.4) is 0 Å². The average molecular weight is 355 g/mol. The predicted molar refractivity (Wildman–Crippen MR) is 105 cm³/mol. The number of fused-ring (bicyclic) bond motifs is 1. The molecule has 1 aliphatic heterocycles. The Balaban J connectivity index is 1.66. The van der Waals surface area contributed by atoms with E-state index < -0.39 is 0 Å². The molecule has 6 heteroatoms. The molecule has 0 aliphatic carbocycles. The summed E-state index contributed by atoms with van der Waals surface area (Å²) in [5, 5.41) is 5.73. The van der Waals surface area contributed by atoms with Crippen LogP contribution >= 0.6 is 0 Å². The van der Waals surface area contributed by atoms with Crippen LogP contribution in [-0.2, 0) is 0 Å². The number of aryl methyl sites for hydroxylation is 1. The topological polar surface area (TPSA) is 62.8 Å². The quantitative estimate of drug-likeness (QED) is 0.841. The van der Waals surface area contributed by atoms with Gasteiger partial charge in [0.1, 0.15) is 13.2 Å². The Morgan fingerprint density at radius 2 is 1.73 bits per heavy atom. The Morgan fingerprint density at radius 1 is 1.00 bits per heavy atom. The van der Waals surface area contributed by atoms with Crippen molar-refractivity contribution in [1.29, 1.82) is 0 Å². The molecule has 2 aromatic rings. The van der Waals surface area contributed by atoms with Crippen molar-refractivity contribution in [1.82, 2.24) is 0 Å². The van der Waals surface area contributed by atoms with Crippen LogP contribution in [0.1, 0.15) is 19.4 Å². The monoisotopic (exact) mass is 355 g/mol. The number of nitrogens with one attached hydrogen (secondary N) is 2. The van der Waals surface area contributed by atoms with Crippen LogP contribution in [0.15, 0.2) is 36.4 Å². The van der Waals surface area contributed by atoms with Gasteiger partial charge in [-0.2, -0.15) is 0 Å². The molecule has 1 heterocycles. The minimum Gasteiger partial charge on any atom is -0.486 e. The van der Waals surface area contributed by atoms with Crippen LogP contribution in [0.4, 0.5) is 21.9 Å². The van der Waals surface area contributed by atoms with Crippen LogP contribution < -0.4 is 25.0 Å². The lowest BCUT2D eigenvalue weighted by molar-refractivity contribution is 0.171. The van der Waals surface area contributed by atoms with E-state index in [0.717, 1.165) is 30.0 Å². The summed E-state index contributed by atoms with van der Waals surface area (Å²) < 4.78 is 11.0. The van der Waals surface area contributed by atoms with Gasteiger partial charge in [-0.05, 0) is 56.7 Å². The van der Waals surface area contributed by atoms with Gasteiger partial charge in [0.05, 0.1) is 0 Å². The Labute approximate surface area is 154 Å². The summed E-state index contributed by atoms with van der Waals surface area (Å²) in [4.78, 5) is 14.6. The molecule has 3 rings (SSSR count). The van der Waals surface area contributed by atoms with E-state index in [4.69, 9.17) is 9.47 Å². The normalized spacial score (nSPS) is 12.4. The molecule has 0 radical (unpaired) electrons. The van der Waals surface area contributed by atoms with Crippen LogP contribution in [0.2, 0.25) is 0 Å². The minimum absolute atomic E-state index is 0.291. The molecule has 6 nitrogen and oxygen atoms in total. The number of anilines is 3. The molecule has 0 fully saturated rings. The fourth-order valence-corrected chi connectivity index (χ4v) is 2.98. The highest BCUT2D eigenvalue weighted by molar-refractivity contribution is 6.00.